The van der Waals surface area contributed by atoms with Gasteiger partial charge >= 0.3 is 12.1 Å². The molecule has 7 nitrogen and oxygen atoms in total. The van der Waals surface area contributed by atoms with Crippen LogP contribution in [0.5, 0.6) is 0 Å². The molecule has 1 aromatic heterocycles. The molecule has 0 spiro atoms. The summed E-state index contributed by atoms with van der Waals surface area (Å²) in [5.41, 5.74) is -3.67. The molecule has 0 aliphatic carbocycles. The molecule has 0 amide bonds. The Bertz CT molecular complexity index is 608. The lowest BCUT2D eigenvalue weighted by atomic mass is 10.0. The number of aromatic nitrogens is 1. The normalized spacial score (nSPS) is 14.4. The van der Waals surface area contributed by atoms with E-state index in [0.717, 1.165) is 6.20 Å². The fourth-order valence-electron chi connectivity index (χ4n) is 1.32. The van der Waals surface area contributed by atoms with Crippen molar-refractivity contribution in [2.75, 3.05) is 5.32 Å². The van der Waals surface area contributed by atoms with Crippen molar-refractivity contribution < 1.29 is 28.0 Å². The molecule has 2 N–H and O–H groups in total. The van der Waals surface area contributed by atoms with Crippen molar-refractivity contribution in [2.45, 2.75) is 25.6 Å². The van der Waals surface area contributed by atoms with Crippen LogP contribution in [0.1, 0.15) is 12.5 Å². The number of hydrogen-bond acceptors (Lipinski definition) is 5. The van der Waals surface area contributed by atoms with Crippen LogP contribution >= 0.6 is 15.9 Å². The van der Waals surface area contributed by atoms with Crippen LogP contribution in [-0.2, 0) is 4.79 Å². The third-order valence-corrected chi connectivity index (χ3v) is 3.77. The molecule has 21 heavy (non-hydrogen) atoms. The highest BCUT2D eigenvalue weighted by Gasteiger charge is 2.58. The van der Waals surface area contributed by atoms with Crippen LogP contribution in [0.4, 0.5) is 24.7 Å². The molecule has 0 bridgehead atoms. The lowest BCUT2D eigenvalue weighted by Gasteiger charge is -2.29. The maximum absolute atomic E-state index is 12.9. The van der Waals surface area contributed by atoms with E-state index < -0.39 is 34.1 Å². The first-order valence-corrected chi connectivity index (χ1v) is 6.09. The molecule has 1 rings (SSSR count). The van der Waals surface area contributed by atoms with E-state index in [1.807, 2.05) is 0 Å². The van der Waals surface area contributed by atoms with Gasteiger partial charge in [-0.3, -0.25) is 10.1 Å². The number of carboxylic acid groups (broad SMARTS) is 1. The fraction of sp³-hybridized carbons (Fsp3) is 0.400. The van der Waals surface area contributed by atoms with Crippen LogP contribution in [0.15, 0.2) is 10.7 Å². The van der Waals surface area contributed by atoms with Gasteiger partial charge in [0.2, 0.25) is 5.54 Å². The van der Waals surface area contributed by atoms with Crippen molar-refractivity contribution in [3.8, 4) is 0 Å². The minimum Gasteiger partial charge on any atom is -0.479 e. The van der Waals surface area contributed by atoms with Gasteiger partial charge < -0.3 is 10.4 Å². The molecular weight excluding hydrogens is 363 g/mol. The molecule has 1 atom stereocenters. The summed E-state index contributed by atoms with van der Waals surface area (Å²) in [5, 5.41) is 21.3. The van der Waals surface area contributed by atoms with Crippen LogP contribution in [0.2, 0.25) is 0 Å². The zero-order chi connectivity index (χ0) is 16.6. The Hall–Kier alpha value is -1.91. The maximum atomic E-state index is 12.9. The van der Waals surface area contributed by atoms with Gasteiger partial charge in [0.05, 0.1) is 9.40 Å². The smallest absolute Gasteiger partial charge is 0.422 e. The van der Waals surface area contributed by atoms with Gasteiger partial charge in [0.25, 0.3) is 5.69 Å². The zero-order valence-corrected chi connectivity index (χ0v) is 12.2. The van der Waals surface area contributed by atoms with E-state index in [2.05, 4.69) is 20.9 Å². The van der Waals surface area contributed by atoms with Gasteiger partial charge in [0, 0.05) is 5.56 Å². The summed E-state index contributed by atoms with van der Waals surface area (Å²) in [6, 6.07) is 0. The van der Waals surface area contributed by atoms with Crippen molar-refractivity contribution in [3.63, 3.8) is 0 Å². The van der Waals surface area contributed by atoms with Crippen LogP contribution in [0.3, 0.4) is 0 Å². The largest absolute Gasteiger partial charge is 0.479 e. The Morgan fingerprint density at radius 1 is 1.52 bits per heavy atom. The lowest BCUT2D eigenvalue weighted by molar-refractivity contribution is -0.385. The minimum absolute atomic E-state index is 0.0208. The molecule has 1 unspecified atom stereocenters. The number of anilines is 1. The monoisotopic (exact) mass is 371 g/mol. The number of hydrogen-bond donors (Lipinski definition) is 2. The molecule has 0 fully saturated rings. The summed E-state index contributed by atoms with van der Waals surface area (Å²) in [4.78, 5) is 24.3. The predicted molar refractivity (Wildman–Crippen MR) is 69.0 cm³/mol. The maximum Gasteiger partial charge on any atom is 0.422 e. The molecule has 0 aliphatic rings. The van der Waals surface area contributed by atoms with E-state index >= 15 is 0 Å². The van der Waals surface area contributed by atoms with Crippen molar-refractivity contribution >= 4 is 33.4 Å². The molecule has 116 valence electrons. The summed E-state index contributed by atoms with van der Waals surface area (Å²) in [6.45, 7) is 1.72. The lowest BCUT2D eigenvalue weighted by Crippen LogP contribution is -2.55. The van der Waals surface area contributed by atoms with E-state index in [-0.39, 0.29) is 10.0 Å². The molecule has 0 aliphatic heterocycles. The van der Waals surface area contributed by atoms with Gasteiger partial charge in [-0.15, -0.1) is 0 Å². The van der Waals surface area contributed by atoms with E-state index in [4.69, 9.17) is 5.11 Å². The number of halogens is 4. The Morgan fingerprint density at radius 2 is 2.05 bits per heavy atom. The first kappa shape index (κ1) is 17.1. The van der Waals surface area contributed by atoms with Crippen LogP contribution in [0.25, 0.3) is 0 Å². The van der Waals surface area contributed by atoms with Crippen LogP contribution in [-0.4, -0.2) is 32.7 Å². The number of alkyl halides is 3. The molecule has 0 saturated heterocycles. The number of pyridine rings is 1. The van der Waals surface area contributed by atoms with Gasteiger partial charge in [-0.25, -0.2) is 9.78 Å². The second-order valence-corrected chi connectivity index (χ2v) is 5.03. The van der Waals surface area contributed by atoms with E-state index in [1.165, 1.54) is 6.92 Å². The van der Waals surface area contributed by atoms with Gasteiger partial charge in [-0.05, 0) is 29.8 Å². The summed E-state index contributed by atoms with van der Waals surface area (Å²) in [5.74, 6) is -2.61. The Kier molecular flexibility index (Phi) is 4.46. The van der Waals surface area contributed by atoms with E-state index in [0.29, 0.717) is 6.92 Å². The van der Waals surface area contributed by atoms with Gasteiger partial charge in [0.15, 0.2) is 0 Å². The number of carboxylic acids is 1. The summed E-state index contributed by atoms with van der Waals surface area (Å²) in [7, 11) is 0. The second kappa shape index (κ2) is 5.47. The number of nitrogens with zero attached hydrogens (tertiary/aromatic N) is 2. The molecule has 0 radical (unpaired) electrons. The number of aliphatic carboxylic acids is 1. The third kappa shape index (κ3) is 3.06. The molecule has 11 heteroatoms. The summed E-state index contributed by atoms with van der Waals surface area (Å²) in [6.07, 6.45) is -4.35. The Labute approximate surface area is 124 Å². The van der Waals surface area contributed by atoms with Crippen molar-refractivity contribution in [2.24, 2.45) is 0 Å². The number of carbonyl (C=O) groups is 1. The van der Waals surface area contributed by atoms with Gasteiger partial charge in [-0.2, -0.15) is 13.2 Å². The highest BCUT2D eigenvalue weighted by molar-refractivity contribution is 9.10. The Balaban J connectivity index is 3.34. The predicted octanol–water partition coefficient (Wildman–Crippen LogP) is 2.88. The van der Waals surface area contributed by atoms with Crippen LogP contribution < -0.4 is 5.32 Å². The Morgan fingerprint density at radius 3 is 2.43 bits per heavy atom. The topological polar surface area (TPSA) is 105 Å². The highest BCUT2D eigenvalue weighted by atomic mass is 79.9. The van der Waals surface area contributed by atoms with Crippen molar-refractivity contribution in [1.29, 1.82) is 0 Å². The second-order valence-electron chi connectivity index (χ2n) is 4.24. The average Bonchev–Trinajstić information content (AvgIpc) is 2.32. The minimum atomic E-state index is -5.10. The van der Waals surface area contributed by atoms with Gasteiger partial charge in [-0.1, -0.05) is 0 Å². The molecule has 1 aromatic rings. The SMILES string of the molecule is Cc1c([N+](=O)[O-])cnc(NC(C)(C(=O)O)C(F)(F)F)c1Br. The first-order valence-electron chi connectivity index (χ1n) is 5.29. The third-order valence-electron chi connectivity index (χ3n) is 2.80. The van der Waals surface area contributed by atoms with Crippen molar-refractivity contribution in [3.05, 3.63) is 26.3 Å². The number of nitro groups is 1. The number of rotatable bonds is 4. The van der Waals surface area contributed by atoms with Crippen LogP contribution in [0, 0.1) is 17.0 Å². The van der Waals surface area contributed by atoms with Crippen molar-refractivity contribution in [1.82, 2.24) is 4.98 Å². The highest BCUT2D eigenvalue weighted by Crippen LogP contribution is 2.37. The first-order chi connectivity index (χ1) is 9.41. The average molecular weight is 372 g/mol. The quantitative estimate of drug-likeness (QED) is 0.622. The summed E-state index contributed by atoms with van der Waals surface area (Å²) < 4.78 is 38.5. The zero-order valence-electron chi connectivity index (χ0n) is 10.7. The number of nitrogens with one attached hydrogen (secondary N) is 1. The summed E-state index contributed by atoms with van der Waals surface area (Å²) >= 11 is 2.88. The molecule has 0 saturated carbocycles. The molecule has 0 aromatic carbocycles. The van der Waals surface area contributed by atoms with E-state index in [9.17, 15) is 28.1 Å². The van der Waals surface area contributed by atoms with E-state index in [1.54, 1.807) is 5.32 Å². The van der Waals surface area contributed by atoms with Gasteiger partial charge in [0.1, 0.15) is 12.0 Å². The molecular formula is C10H9BrF3N3O4. The molecule has 1 heterocycles. The standard InChI is InChI=1S/C10H9BrF3N3O4/c1-4-5(17(20)21)3-15-7(6(4)11)16-9(2,8(18)19)10(12,13)14/h3H,1-2H3,(H,15,16)(H,18,19). The fourth-order valence-corrected chi connectivity index (χ4v) is 1.73.